The molecule has 0 radical (unpaired) electrons. The topological polar surface area (TPSA) is 0 Å². The van der Waals surface area contributed by atoms with Gasteiger partial charge in [0.15, 0.2) is 0 Å². The molecule has 198 valence electrons. The Morgan fingerprint density at radius 3 is 2.14 bits per heavy atom. The molecule has 4 rings (SSSR count). The van der Waals surface area contributed by atoms with Crippen molar-refractivity contribution in [1.29, 1.82) is 0 Å². The Bertz CT molecular complexity index is 1220. The molecule has 5 heteroatoms. The first-order valence-corrected chi connectivity index (χ1v) is 13.4. The molecule has 1 aliphatic rings. The Morgan fingerprint density at radius 2 is 1.46 bits per heavy atom. The Morgan fingerprint density at radius 1 is 0.784 bits per heavy atom. The first kappa shape index (κ1) is 27.3. The molecule has 37 heavy (non-hydrogen) atoms. The van der Waals surface area contributed by atoms with Crippen LogP contribution in [-0.2, 0) is 25.4 Å². The molecule has 0 spiro atoms. The summed E-state index contributed by atoms with van der Waals surface area (Å²) in [7, 11) is 0. The number of allylic oxidation sites excluding steroid dienone is 2. The normalized spacial score (nSPS) is 18.6. The molecule has 0 nitrogen and oxygen atoms in total. The van der Waals surface area contributed by atoms with Crippen molar-refractivity contribution < 1.29 is 22.0 Å². The molecule has 0 amide bonds. The Labute approximate surface area is 216 Å². The number of alkyl halides is 3. The fraction of sp³-hybridized carbons (Fsp3) is 0.438. The van der Waals surface area contributed by atoms with Crippen molar-refractivity contribution >= 4 is 10.8 Å². The van der Waals surface area contributed by atoms with Gasteiger partial charge in [-0.3, -0.25) is 0 Å². The molecule has 0 atom stereocenters. The molecule has 0 saturated heterocycles. The van der Waals surface area contributed by atoms with E-state index in [1.165, 1.54) is 50.2 Å². The van der Waals surface area contributed by atoms with Crippen LogP contribution in [0.25, 0.3) is 10.8 Å². The van der Waals surface area contributed by atoms with E-state index < -0.39 is 17.6 Å². The van der Waals surface area contributed by atoms with Crippen LogP contribution in [0.3, 0.4) is 0 Å². The predicted molar refractivity (Wildman–Crippen MR) is 141 cm³/mol. The summed E-state index contributed by atoms with van der Waals surface area (Å²) in [6.07, 6.45) is 10.1. The zero-order chi connectivity index (χ0) is 26.4. The van der Waals surface area contributed by atoms with Crippen molar-refractivity contribution in [3.05, 3.63) is 94.6 Å². The van der Waals surface area contributed by atoms with E-state index >= 15 is 4.39 Å². The largest absolute Gasteiger partial charge is 0.419 e. The summed E-state index contributed by atoms with van der Waals surface area (Å²) in [5.74, 6) is 0.0213. The van der Waals surface area contributed by atoms with Crippen LogP contribution >= 0.6 is 0 Å². The second-order valence-electron chi connectivity index (χ2n) is 10.5. The summed E-state index contributed by atoms with van der Waals surface area (Å²) < 4.78 is 67.4. The van der Waals surface area contributed by atoms with E-state index in [0.29, 0.717) is 16.5 Å². The van der Waals surface area contributed by atoms with Gasteiger partial charge in [-0.2, -0.15) is 13.2 Å². The molecule has 0 aromatic heterocycles. The van der Waals surface area contributed by atoms with E-state index in [9.17, 15) is 17.6 Å². The molecular weight excluding hydrogens is 479 g/mol. The molecular formula is C32H35F5. The summed E-state index contributed by atoms with van der Waals surface area (Å²) >= 11 is 0. The average Bonchev–Trinajstić information content (AvgIpc) is 2.87. The van der Waals surface area contributed by atoms with Gasteiger partial charge in [0.05, 0.1) is 5.56 Å². The van der Waals surface area contributed by atoms with Crippen molar-refractivity contribution in [1.82, 2.24) is 0 Å². The van der Waals surface area contributed by atoms with Crippen LogP contribution in [0.4, 0.5) is 22.0 Å². The van der Waals surface area contributed by atoms with Gasteiger partial charge < -0.3 is 0 Å². The lowest BCUT2D eigenvalue weighted by atomic mass is 9.78. The van der Waals surface area contributed by atoms with E-state index in [2.05, 4.69) is 25.1 Å². The molecule has 1 fully saturated rings. The van der Waals surface area contributed by atoms with Gasteiger partial charge >= 0.3 is 6.18 Å². The van der Waals surface area contributed by atoms with Crippen LogP contribution < -0.4 is 0 Å². The number of fused-ring (bicyclic) bond motifs is 1. The Kier molecular flexibility index (Phi) is 9.04. The van der Waals surface area contributed by atoms with Gasteiger partial charge in [-0.15, -0.1) is 0 Å². The maximum Gasteiger partial charge on any atom is 0.419 e. The SMILES string of the molecule is C/C=C/CCC1CCC(CCc2ccc3c(F)c(CCc4ccc(C(F)(F)F)c(F)c4)ccc3c2)CC1. The minimum atomic E-state index is -4.72. The lowest BCUT2D eigenvalue weighted by Gasteiger charge is -2.28. The highest BCUT2D eigenvalue weighted by Gasteiger charge is 2.33. The van der Waals surface area contributed by atoms with Gasteiger partial charge in [-0.05, 0) is 91.5 Å². The third-order valence-corrected chi connectivity index (χ3v) is 7.91. The van der Waals surface area contributed by atoms with E-state index in [4.69, 9.17) is 0 Å². The predicted octanol–water partition coefficient (Wildman–Crippen LogP) is 10.0. The van der Waals surface area contributed by atoms with Gasteiger partial charge in [0.1, 0.15) is 11.6 Å². The lowest BCUT2D eigenvalue weighted by molar-refractivity contribution is -0.140. The maximum atomic E-state index is 15.2. The van der Waals surface area contributed by atoms with Crippen molar-refractivity contribution in [3.63, 3.8) is 0 Å². The average molecular weight is 515 g/mol. The standard InChI is InChI=1S/C32H35F5/c1-2-3-4-5-22-6-8-23(9-7-22)10-11-24-13-18-28-27(20-24)17-16-26(31(28)34)15-12-25-14-19-29(30(33)21-25)32(35,36)37/h2-3,13-14,16-23H,4-12,15H2,1H3/b3-2+. The van der Waals surface area contributed by atoms with E-state index in [0.717, 1.165) is 42.2 Å². The van der Waals surface area contributed by atoms with E-state index in [1.807, 2.05) is 18.2 Å². The molecule has 3 aromatic rings. The van der Waals surface area contributed by atoms with E-state index in [-0.39, 0.29) is 18.7 Å². The summed E-state index contributed by atoms with van der Waals surface area (Å²) in [5, 5.41) is 1.40. The third-order valence-electron chi connectivity index (χ3n) is 7.91. The lowest BCUT2D eigenvalue weighted by Crippen LogP contribution is -2.15. The van der Waals surface area contributed by atoms with Crippen molar-refractivity contribution in [3.8, 4) is 0 Å². The van der Waals surface area contributed by atoms with Crippen molar-refractivity contribution in [2.75, 3.05) is 0 Å². The van der Waals surface area contributed by atoms with Gasteiger partial charge in [0, 0.05) is 5.39 Å². The van der Waals surface area contributed by atoms with Crippen molar-refractivity contribution in [2.24, 2.45) is 11.8 Å². The summed E-state index contributed by atoms with van der Waals surface area (Å²) in [6, 6.07) is 12.4. The van der Waals surface area contributed by atoms with Crippen molar-refractivity contribution in [2.45, 2.75) is 77.3 Å². The zero-order valence-electron chi connectivity index (χ0n) is 21.4. The van der Waals surface area contributed by atoms with Crippen LogP contribution in [0, 0.1) is 23.5 Å². The van der Waals surface area contributed by atoms with Gasteiger partial charge in [-0.1, -0.05) is 74.2 Å². The molecule has 1 aliphatic carbocycles. The van der Waals surface area contributed by atoms with Gasteiger partial charge in [0.25, 0.3) is 0 Å². The summed E-state index contributed by atoms with van der Waals surface area (Å²) in [5.41, 5.74) is 0.825. The number of rotatable bonds is 9. The molecule has 0 N–H and O–H groups in total. The number of hydrogen-bond acceptors (Lipinski definition) is 0. The Balaban J connectivity index is 1.33. The van der Waals surface area contributed by atoms with Crippen LogP contribution in [0.1, 0.15) is 74.1 Å². The van der Waals surface area contributed by atoms with Crippen LogP contribution in [0.5, 0.6) is 0 Å². The first-order valence-electron chi connectivity index (χ1n) is 13.4. The molecule has 0 unspecified atom stereocenters. The molecule has 0 bridgehead atoms. The monoisotopic (exact) mass is 514 g/mol. The number of hydrogen-bond donors (Lipinski definition) is 0. The fourth-order valence-electron chi connectivity index (χ4n) is 5.64. The highest BCUT2D eigenvalue weighted by Crippen LogP contribution is 2.35. The summed E-state index contributed by atoms with van der Waals surface area (Å²) in [4.78, 5) is 0. The Hall–Kier alpha value is -2.69. The molecule has 1 saturated carbocycles. The fourth-order valence-corrected chi connectivity index (χ4v) is 5.64. The van der Waals surface area contributed by atoms with Gasteiger partial charge in [0.2, 0.25) is 0 Å². The van der Waals surface area contributed by atoms with E-state index in [1.54, 1.807) is 6.07 Å². The molecule has 3 aromatic carbocycles. The second-order valence-corrected chi connectivity index (χ2v) is 10.5. The summed E-state index contributed by atoms with van der Waals surface area (Å²) in [6.45, 7) is 2.08. The second kappa shape index (κ2) is 12.2. The first-order chi connectivity index (χ1) is 17.7. The van der Waals surface area contributed by atoms with Crippen LogP contribution in [0.15, 0.2) is 60.7 Å². The highest BCUT2D eigenvalue weighted by molar-refractivity contribution is 5.84. The minimum Gasteiger partial charge on any atom is -0.206 e. The zero-order valence-corrected chi connectivity index (χ0v) is 21.4. The number of halogens is 5. The minimum absolute atomic E-state index is 0.257. The quantitative estimate of drug-likeness (QED) is 0.197. The van der Waals surface area contributed by atoms with Crippen LogP contribution in [0.2, 0.25) is 0 Å². The maximum absolute atomic E-state index is 15.2. The van der Waals surface area contributed by atoms with Gasteiger partial charge in [-0.25, -0.2) is 8.78 Å². The van der Waals surface area contributed by atoms with Crippen LogP contribution in [-0.4, -0.2) is 0 Å². The molecule has 0 heterocycles. The molecule has 0 aliphatic heterocycles. The number of benzene rings is 3. The number of aryl methyl sites for hydroxylation is 3. The third kappa shape index (κ3) is 7.21. The highest BCUT2D eigenvalue weighted by atomic mass is 19.4. The smallest absolute Gasteiger partial charge is 0.206 e.